The van der Waals surface area contributed by atoms with Gasteiger partial charge in [0.25, 0.3) is 5.91 Å². The molecule has 27 heavy (non-hydrogen) atoms. The zero-order valence-corrected chi connectivity index (χ0v) is 15.3. The second-order valence-corrected chi connectivity index (χ2v) is 7.18. The summed E-state index contributed by atoms with van der Waals surface area (Å²) in [6, 6.07) is 13.7. The van der Waals surface area contributed by atoms with Crippen molar-refractivity contribution in [2.75, 3.05) is 32.8 Å². The first-order valence-corrected chi connectivity index (χ1v) is 9.54. The minimum absolute atomic E-state index is 0.0615. The van der Waals surface area contributed by atoms with Gasteiger partial charge in [0.2, 0.25) is 0 Å². The predicted molar refractivity (Wildman–Crippen MR) is 101 cm³/mol. The molecule has 2 saturated heterocycles. The molecule has 2 atom stereocenters. The van der Waals surface area contributed by atoms with Crippen molar-refractivity contribution >= 4 is 5.91 Å². The smallest absolute Gasteiger partial charge is 0.270 e. The summed E-state index contributed by atoms with van der Waals surface area (Å²) in [6.45, 7) is 4.08. The maximum atomic E-state index is 13.2. The molecule has 2 aliphatic rings. The number of aromatic nitrogens is 1. The third-order valence-electron chi connectivity index (χ3n) is 5.43. The molecular weight excluding hydrogens is 340 g/mol. The van der Waals surface area contributed by atoms with Crippen molar-refractivity contribution in [1.29, 1.82) is 5.26 Å². The highest BCUT2D eigenvalue weighted by Gasteiger charge is 2.38. The number of carbonyl (C=O) groups excluding carboxylic acids is 1. The number of carbonyl (C=O) groups is 1. The monoisotopic (exact) mass is 364 g/mol. The van der Waals surface area contributed by atoms with Crippen LogP contribution in [0.2, 0.25) is 0 Å². The number of nitrogens with one attached hydrogen (secondary N) is 1. The van der Waals surface area contributed by atoms with Gasteiger partial charge in [-0.2, -0.15) is 5.26 Å². The molecule has 0 saturated carbocycles. The average Bonchev–Trinajstić information content (AvgIpc) is 3.40. The van der Waals surface area contributed by atoms with Gasteiger partial charge in [-0.1, -0.05) is 30.3 Å². The van der Waals surface area contributed by atoms with Crippen LogP contribution in [-0.4, -0.2) is 59.6 Å². The molecule has 1 amide bonds. The molecule has 0 bridgehead atoms. The molecule has 0 radical (unpaired) electrons. The Morgan fingerprint density at radius 3 is 2.70 bits per heavy atom. The molecule has 6 nitrogen and oxygen atoms in total. The summed E-state index contributed by atoms with van der Waals surface area (Å²) in [7, 11) is 0. The summed E-state index contributed by atoms with van der Waals surface area (Å²) in [5, 5.41) is 9.05. The maximum Gasteiger partial charge on any atom is 0.270 e. The number of hydrogen-bond donors (Lipinski definition) is 1. The van der Waals surface area contributed by atoms with Crippen molar-refractivity contribution in [2.45, 2.75) is 25.0 Å². The highest BCUT2D eigenvalue weighted by atomic mass is 16.5. The number of amides is 1. The number of ether oxygens (including phenoxy) is 1. The lowest BCUT2D eigenvalue weighted by Crippen LogP contribution is -2.51. The Kier molecular flexibility index (Phi) is 5.23. The molecule has 1 aromatic heterocycles. The van der Waals surface area contributed by atoms with E-state index in [1.165, 1.54) is 12.8 Å². The molecular formula is C21H24N4O2. The second kappa shape index (κ2) is 7.95. The molecule has 2 aliphatic heterocycles. The van der Waals surface area contributed by atoms with Gasteiger partial charge >= 0.3 is 0 Å². The number of likely N-dealkylation sites (tertiary alicyclic amines) is 1. The van der Waals surface area contributed by atoms with Gasteiger partial charge < -0.3 is 19.5 Å². The number of benzene rings is 1. The van der Waals surface area contributed by atoms with Crippen LogP contribution in [0, 0.1) is 11.3 Å². The van der Waals surface area contributed by atoms with Crippen LogP contribution in [0.4, 0.5) is 0 Å². The molecule has 6 heteroatoms. The Hall–Kier alpha value is -2.62. The van der Waals surface area contributed by atoms with E-state index < -0.39 is 0 Å². The van der Waals surface area contributed by atoms with Crippen molar-refractivity contribution < 1.29 is 9.53 Å². The first-order chi connectivity index (χ1) is 13.3. The summed E-state index contributed by atoms with van der Waals surface area (Å²) >= 11 is 0. The second-order valence-electron chi connectivity index (χ2n) is 7.18. The third-order valence-corrected chi connectivity index (χ3v) is 5.43. The van der Waals surface area contributed by atoms with E-state index in [2.05, 4.69) is 28.1 Å². The van der Waals surface area contributed by atoms with E-state index in [-0.39, 0.29) is 18.1 Å². The Balaban J connectivity index is 1.63. The van der Waals surface area contributed by atoms with Crippen LogP contribution in [0.1, 0.15) is 40.5 Å². The Morgan fingerprint density at radius 2 is 2.00 bits per heavy atom. The largest absolute Gasteiger partial charge is 0.373 e. The SMILES string of the molecule is N#Cc1c[nH]c(C(=O)N2CCO[C@@H](CN3CCCC3)[C@@H]2c2ccccc2)c1. The topological polar surface area (TPSA) is 72.4 Å². The van der Waals surface area contributed by atoms with Gasteiger partial charge in [-0.15, -0.1) is 0 Å². The lowest BCUT2D eigenvalue weighted by Gasteiger charge is -2.42. The molecule has 1 aromatic carbocycles. The van der Waals surface area contributed by atoms with Crippen LogP contribution in [-0.2, 0) is 4.74 Å². The van der Waals surface area contributed by atoms with Crippen LogP contribution in [0.3, 0.4) is 0 Å². The molecule has 4 rings (SSSR count). The van der Waals surface area contributed by atoms with Gasteiger partial charge in [-0.25, -0.2) is 0 Å². The van der Waals surface area contributed by atoms with Crippen molar-refractivity contribution in [2.24, 2.45) is 0 Å². The van der Waals surface area contributed by atoms with E-state index in [0.717, 1.165) is 25.2 Å². The number of rotatable bonds is 4. The van der Waals surface area contributed by atoms with Gasteiger partial charge in [0.1, 0.15) is 11.8 Å². The lowest BCUT2D eigenvalue weighted by molar-refractivity contribution is -0.0708. The fourth-order valence-electron chi connectivity index (χ4n) is 4.12. The standard InChI is InChI=1S/C21H24N4O2/c22-13-16-12-18(23-14-16)21(26)25-10-11-27-19(15-24-8-4-5-9-24)20(25)17-6-2-1-3-7-17/h1-3,6-7,12,14,19-20,23H,4-5,8-11,15H2/t19-,20-/m0/s1. The minimum atomic E-state index is -0.137. The first-order valence-electron chi connectivity index (χ1n) is 9.54. The van der Waals surface area contributed by atoms with E-state index in [9.17, 15) is 4.79 Å². The van der Waals surface area contributed by atoms with Crippen LogP contribution < -0.4 is 0 Å². The quantitative estimate of drug-likeness (QED) is 0.905. The highest BCUT2D eigenvalue weighted by molar-refractivity contribution is 5.93. The number of nitriles is 1. The highest BCUT2D eigenvalue weighted by Crippen LogP contribution is 2.32. The van der Waals surface area contributed by atoms with Crippen molar-refractivity contribution in [1.82, 2.24) is 14.8 Å². The van der Waals surface area contributed by atoms with E-state index in [4.69, 9.17) is 10.00 Å². The van der Waals surface area contributed by atoms with Crippen molar-refractivity contribution in [3.63, 3.8) is 0 Å². The number of morpholine rings is 1. The van der Waals surface area contributed by atoms with Gasteiger partial charge in [0, 0.05) is 19.3 Å². The molecule has 0 spiro atoms. The van der Waals surface area contributed by atoms with Crippen molar-refractivity contribution in [3.8, 4) is 6.07 Å². The summed E-state index contributed by atoms with van der Waals surface area (Å²) in [5.41, 5.74) is 2.01. The van der Waals surface area contributed by atoms with Crippen LogP contribution in [0.25, 0.3) is 0 Å². The molecule has 1 N–H and O–H groups in total. The minimum Gasteiger partial charge on any atom is -0.373 e. The Morgan fingerprint density at radius 1 is 1.22 bits per heavy atom. The van der Waals surface area contributed by atoms with E-state index in [1.54, 1.807) is 12.3 Å². The van der Waals surface area contributed by atoms with E-state index >= 15 is 0 Å². The van der Waals surface area contributed by atoms with Gasteiger partial charge in [-0.05, 0) is 37.6 Å². The van der Waals surface area contributed by atoms with Crippen LogP contribution >= 0.6 is 0 Å². The summed E-state index contributed by atoms with van der Waals surface area (Å²) < 4.78 is 6.15. The van der Waals surface area contributed by atoms with Gasteiger partial charge in [0.05, 0.1) is 24.3 Å². The Bertz CT molecular complexity index is 820. The molecule has 2 fully saturated rings. The molecule has 0 unspecified atom stereocenters. The molecule has 3 heterocycles. The fraction of sp³-hybridized carbons (Fsp3) is 0.429. The predicted octanol–water partition coefficient (Wildman–Crippen LogP) is 2.56. The number of nitrogens with zero attached hydrogens (tertiary/aromatic N) is 3. The summed E-state index contributed by atoms with van der Waals surface area (Å²) in [6.07, 6.45) is 3.97. The van der Waals surface area contributed by atoms with E-state index in [0.29, 0.717) is 24.4 Å². The van der Waals surface area contributed by atoms with Crippen LogP contribution in [0.15, 0.2) is 42.6 Å². The Labute approximate surface area is 159 Å². The molecule has 0 aliphatic carbocycles. The first kappa shape index (κ1) is 17.8. The zero-order valence-electron chi connectivity index (χ0n) is 15.3. The lowest BCUT2D eigenvalue weighted by atomic mass is 9.97. The number of hydrogen-bond acceptors (Lipinski definition) is 4. The third kappa shape index (κ3) is 3.75. The van der Waals surface area contributed by atoms with Gasteiger partial charge in [0.15, 0.2) is 0 Å². The van der Waals surface area contributed by atoms with Crippen molar-refractivity contribution in [3.05, 3.63) is 59.4 Å². The number of aromatic amines is 1. The maximum absolute atomic E-state index is 13.2. The van der Waals surface area contributed by atoms with Gasteiger partial charge in [-0.3, -0.25) is 4.79 Å². The zero-order chi connectivity index (χ0) is 18.6. The molecule has 2 aromatic rings. The van der Waals surface area contributed by atoms with Crippen LogP contribution in [0.5, 0.6) is 0 Å². The molecule has 140 valence electrons. The summed E-state index contributed by atoms with van der Waals surface area (Å²) in [4.78, 5) is 20.5. The normalized spacial score (nSPS) is 23.3. The average molecular weight is 364 g/mol. The van der Waals surface area contributed by atoms with E-state index in [1.807, 2.05) is 23.1 Å². The summed E-state index contributed by atoms with van der Waals surface area (Å²) in [5.74, 6) is -0.0833. The number of H-pyrrole nitrogens is 1. The fourth-order valence-corrected chi connectivity index (χ4v) is 4.12.